The molecule has 1 heterocycles. The van der Waals surface area contributed by atoms with Crippen molar-refractivity contribution >= 4 is 16.2 Å². The molecule has 0 saturated carbocycles. The third kappa shape index (κ3) is 3.44. The molecule has 0 amide bonds. The summed E-state index contributed by atoms with van der Waals surface area (Å²) >= 11 is 0. The van der Waals surface area contributed by atoms with Crippen LogP contribution in [0.25, 0.3) is 0 Å². The molecule has 0 aliphatic carbocycles. The van der Waals surface area contributed by atoms with Gasteiger partial charge in [-0.05, 0) is 19.8 Å². The largest absolute Gasteiger partial charge is 0.544 e. The first-order chi connectivity index (χ1) is 6.93. The molecule has 0 bridgehead atoms. The van der Waals surface area contributed by atoms with Crippen LogP contribution in [-0.2, 0) is 15.0 Å². The number of carboxylic acid groups (broad SMARTS) is 1. The minimum absolute atomic E-state index is 0.485. The van der Waals surface area contributed by atoms with Crippen LogP contribution < -0.4 is 9.83 Å². The van der Waals surface area contributed by atoms with Crippen LogP contribution in [0.5, 0.6) is 0 Å². The molecule has 0 aromatic carbocycles. The third-order valence-corrected chi connectivity index (χ3v) is 4.26. The van der Waals surface area contributed by atoms with Crippen LogP contribution in [-0.4, -0.2) is 37.8 Å². The fourth-order valence-corrected chi connectivity index (χ4v) is 3.09. The van der Waals surface area contributed by atoms with Gasteiger partial charge in [-0.3, -0.25) is 0 Å². The lowest BCUT2D eigenvalue weighted by Gasteiger charge is -2.25. The highest BCUT2D eigenvalue weighted by atomic mass is 32.2. The highest BCUT2D eigenvalue weighted by Crippen LogP contribution is 2.09. The van der Waals surface area contributed by atoms with Crippen LogP contribution >= 0.6 is 0 Å². The van der Waals surface area contributed by atoms with Crippen molar-refractivity contribution in [1.29, 1.82) is 0 Å². The van der Waals surface area contributed by atoms with Gasteiger partial charge in [0.25, 0.3) is 0 Å². The van der Waals surface area contributed by atoms with E-state index in [-0.39, 0.29) is 0 Å². The summed E-state index contributed by atoms with van der Waals surface area (Å²) < 4.78 is 25.5. The molecule has 1 aliphatic heterocycles. The van der Waals surface area contributed by atoms with Crippen molar-refractivity contribution in [3.05, 3.63) is 0 Å². The summed E-state index contributed by atoms with van der Waals surface area (Å²) in [5.41, 5.74) is 0. The van der Waals surface area contributed by atoms with Crippen LogP contribution in [0.2, 0.25) is 0 Å². The third-order valence-electron chi connectivity index (χ3n) is 2.42. The second kappa shape index (κ2) is 4.91. The average Bonchev–Trinajstić information content (AvgIpc) is 2.18. The molecule has 0 radical (unpaired) electrons. The Morgan fingerprint density at radius 1 is 1.33 bits per heavy atom. The molecule has 0 spiro atoms. The fourth-order valence-electron chi connectivity index (χ4n) is 1.52. The lowest BCUT2D eigenvalue weighted by molar-refractivity contribution is -0.540. The molecule has 0 aromatic heterocycles. The van der Waals surface area contributed by atoms with E-state index in [1.54, 1.807) is 0 Å². The average molecular weight is 236 g/mol. The quantitative estimate of drug-likeness (QED) is 0.580. The molecule has 88 valence electrons. The number of hydrogen-bond donors (Lipinski definition) is 1. The molecule has 0 unspecified atom stereocenters. The van der Waals surface area contributed by atoms with Crippen molar-refractivity contribution in [3.63, 3.8) is 0 Å². The topological polar surface area (TPSA) is 94.1 Å². The zero-order valence-corrected chi connectivity index (χ0v) is 9.50. The van der Waals surface area contributed by atoms with Crippen molar-refractivity contribution in [2.45, 2.75) is 32.2 Å². The lowest BCUT2D eigenvalue weighted by atomic mass is 10.2. The summed E-state index contributed by atoms with van der Waals surface area (Å²) in [6.45, 7) is 2.27. The summed E-state index contributed by atoms with van der Waals surface area (Å²) in [4.78, 5) is 10.4. The van der Waals surface area contributed by atoms with Crippen LogP contribution in [0.15, 0.2) is 0 Å². The number of hydrogen-bond acceptors (Lipinski definition) is 4. The van der Waals surface area contributed by atoms with Crippen molar-refractivity contribution in [3.8, 4) is 0 Å². The van der Waals surface area contributed by atoms with E-state index in [4.69, 9.17) is 0 Å². The highest BCUT2D eigenvalue weighted by Gasteiger charge is 2.28. The first kappa shape index (κ1) is 12.4. The Balaban J connectivity index is 2.61. The SMILES string of the molecule is C[C@H]([NH2+]S(=O)(=O)N1CCCCC1)C(=O)[O-]. The first-order valence-electron chi connectivity index (χ1n) is 4.99. The van der Waals surface area contributed by atoms with E-state index in [0.29, 0.717) is 13.1 Å². The molecule has 6 nitrogen and oxygen atoms in total. The molecule has 1 saturated heterocycles. The van der Waals surface area contributed by atoms with E-state index in [0.717, 1.165) is 24.0 Å². The highest BCUT2D eigenvalue weighted by molar-refractivity contribution is 7.82. The zero-order valence-electron chi connectivity index (χ0n) is 8.68. The molecule has 1 fully saturated rings. The Bertz CT molecular complexity index is 322. The van der Waals surface area contributed by atoms with E-state index >= 15 is 0 Å². The van der Waals surface area contributed by atoms with E-state index in [9.17, 15) is 18.3 Å². The van der Waals surface area contributed by atoms with Crippen LogP contribution in [0, 0.1) is 0 Å². The molecule has 0 aromatic rings. The van der Waals surface area contributed by atoms with E-state index in [1.165, 1.54) is 11.2 Å². The van der Waals surface area contributed by atoms with Gasteiger partial charge in [-0.25, -0.2) is 4.72 Å². The molecule has 1 aliphatic rings. The Hall–Kier alpha value is -0.660. The molecule has 2 N–H and O–H groups in total. The standard InChI is InChI=1S/C8H16N2O4S/c1-7(8(11)12)9-15(13,14)10-5-3-2-4-6-10/h7,9H,2-6H2,1H3,(H,11,12)/t7-/m0/s1. The van der Waals surface area contributed by atoms with Crippen LogP contribution in [0.4, 0.5) is 0 Å². The van der Waals surface area contributed by atoms with Crippen molar-refractivity contribution in [2.24, 2.45) is 0 Å². The lowest BCUT2D eigenvalue weighted by Crippen LogP contribution is -2.96. The van der Waals surface area contributed by atoms with Gasteiger partial charge in [0.05, 0.1) is 0 Å². The molecule has 1 rings (SSSR count). The smallest absolute Gasteiger partial charge is 0.369 e. The number of rotatable bonds is 4. The van der Waals surface area contributed by atoms with Gasteiger partial charge >= 0.3 is 10.2 Å². The molecule has 1 atom stereocenters. The van der Waals surface area contributed by atoms with Gasteiger partial charge in [0, 0.05) is 13.1 Å². The molecule has 15 heavy (non-hydrogen) atoms. The van der Waals surface area contributed by atoms with Crippen molar-refractivity contribution in [1.82, 2.24) is 4.31 Å². The first-order valence-corrected chi connectivity index (χ1v) is 6.49. The summed E-state index contributed by atoms with van der Waals surface area (Å²) in [5, 5.41) is 10.4. The Labute approximate surface area is 89.4 Å². The normalized spacial score (nSPS) is 21.1. The number of quaternary nitrogens is 1. The van der Waals surface area contributed by atoms with Crippen molar-refractivity contribution in [2.75, 3.05) is 13.1 Å². The summed E-state index contributed by atoms with van der Waals surface area (Å²) in [6, 6.07) is -1.07. The van der Waals surface area contributed by atoms with Crippen molar-refractivity contribution < 1.29 is 23.0 Å². The fraction of sp³-hybridized carbons (Fsp3) is 0.875. The van der Waals surface area contributed by atoms with E-state index in [2.05, 4.69) is 0 Å². The van der Waals surface area contributed by atoms with Crippen LogP contribution in [0.1, 0.15) is 26.2 Å². The number of aliphatic carboxylic acids is 1. The van der Waals surface area contributed by atoms with Gasteiger partial charge in [-0.2, -0.15) is 12.7 Å². The Morgan fingerprint density at radius 3 is 2.33 bits per heavy atom. The number of carbonyl (C=O) groups excluding carboxylic acids is 1. The second-order valence-corrected chi connectivity index (χ2v) is 5.57. The minimum atomic E-state index is -3.54. The summed E-state index contributed by atoms with van der Waals surface area (Å²) in [7, 11) is -3.54. The zero-order chi connectivity index (χ0) is 11.5. The molecular formula is C8H16N2O4S. The number of carboxylic acids is 1. The number of piperidine rings is 1. The molecular weight excluding hydrogens is 220 g/mol. The number of nitrogens with two attached hydrogens (primary N) is 1. The number of carbonyl (C=O) groups is 1. The summed E-state index contributed by atoms with van der Waals surface area (Å²) in [5.74, 6) is -1.37. The second-order valence-electron chi connectivity index (χ2n) is 3.75. The maximum Gasteiger partial charge on any atom is 0.369 e. The van der Waals surface area contributed by atoms with E-state index < -0.39 is 22.2 Å². The Kier molecular flexibility index (Phi) is 4.06. The van der Waals surface area contributed by atoms with Gasteiger partial charge in [0.15, 0.2) is 0 Å². The van der Waals surface area contributed by atoms with Crippen LogP contribution in [0.3, 0.4) is 0 Å². The van der Waals surface area contributed by atoms with Gasteiger partial charge < -0.3 is 9.90 Å². The minimum Gasteiger partial charge on any atom is -0.544 e. The monoisotopic (exact) mass is 236 g/mol. The molecule has 7 heteroatoms. The van der Waals surface area contributed by atoms with Gasteiger partial charge in [0.1, 0.15) is 12.0 Å². The Morgan fingerprint density at radius 2 is 1.87 bits per heavy atom. The van der Waals surface area contributed by atoms with Gasteiger partial charge in [-0.1, -0.05) is 6.42 Å². The maximum atomic E-state index is 11.7. The predicted octanol–water partition coefficient (Wildman–Crippen LogP) is -2.58. The van der Waals surface area contributed by atoms with Gasteiger partial charge in [-0.15, -0.1) is 0 Å². The summed E-state index contributed by atoms with van der Waals surface area (Å²) in [6.07, 6.45) is 2.71. The van der Waals surface area contributed by atoms with E-state index in [1.807, 2.05) is 0 Å². The maximum absolute atomic E-state index is 11.7. The predicted molar refractivity (Wildman–Crippen MR) is 50.7 cm³/mol. The number of nitrogens with zero attached hydrogens (tertiary/aromatic N) is 1. The van der Waals surface area contributed by atoms with Gasteiger partial charge in [0.2, 0.25) is 0 Å².